The molecule has 1 aromatic carbocycles. The SMILES string of the molecule is NC(=NC1CCCCC1)N[C@H](CCCC(=O)CC(=O)CCc1ccc(O)c(OC2CCCC2)c1)CC[NH+]1C=CNC1. The average molecular weight is 569 g/mol. The second kappa shape index (κ2) is 16.4. The molecule has 1 unspecified atom stereocenters. The summed E-state index contributed by atoms with van der Waals surface area (Å²) in [5, 5.41) is 16.8. The predicted octanol–water partition coefficient (Wildman–Crippen LogP) is 3.26. The molecule has 41 heavy (non-hydrogen) atoms. The summed E-state index contributed by atoms with van der Waals surface area (Å²) in [4.78, 5) is 31.3. The molecule has 226 valence electrons. The maximum Gasteiger partial charge on any atom is 0.189 e. The lowest BCUT2D eigenvalue weighted by atomic mass is 9.96. The van der Waals surface area contributed by atoms with Crippen molar-refractivity contribution in [2.45, 2.75) is 121 Å². The number of phenols is 1. The third kappa shape index (κ3) is 11.0. The van der Waals surface area contributed by atoms with Crippen LogP contribution in [0.5, 0.6) is 11.5 Å². The maximum atomic E-state index is 12.6. The van der Waals surface area contributed by atoms with Crippen molar-refractivity contribution in [1.29, 1.82) is 0 Å². The van der Waals surface area contributed by atoms with E-state index in [-0.39, 0.29) is 35.9 Å². The molecule has 4 rings (SSSR count). The van der Waals surface area contributed by atoms with E-state index in [1.165, 1.54) is 24.2 Å². The molecule has 2 aliphatic carbocycles. The van der Waals surface area contributed by atoms with E-state index < -0.39 is 0 Å². The van der Waals surface area contributed by atoms with E-state index >= 15 is 0 Å². The van der Waals surface area contributed by atoms with Gasteiger partial charge in [-0.1, -0.05) is 25.3 Å². The molecule has 0 bridgehead atoms. The van der Waals surface area contributed by atoms with Gasteiger partial charge in [-0.2, -0.15) is 0 Å². The summed E-state index contributed by atoms with van der Waals surface area (Å²) in [6.07, 6.45) is 18.2. The minimum atomic E-state index is -0.0446. The highest BCUT2D eigenvalue weighted by Gasteiger charge is 2.20. The number of ketones is 2. The van der Waals surface area contributed by atoms with Crippen molar-refractivity contribution in [1.82, 2.24) is 10.6 Å². The highest BCUT2D eigenvalue weighted by atomic mass is 16.5. The topological polar surface area (TPSA) is 130 Å². The van der Waals surface area contributed by atoms with Crippen LogP contribution in [-0.4, -0.2) is 54.0 Å². The van der Waals surface area contributed by atoms with Gasteiger partial charge < -0.3 is 26.2 Å². The number of carbonyl (C=O) groups excluding carboxylic acids is 2. The van der Waals surface area contributed by atoms with Crippen LogP contribution in [0.2, 0.25) is 0 Å². The number of benzene rings is 1. The van der Waals surface area contributed by atoms with Gasteiger partial charge in [0.1, 0.15) is 17.8 Å². The van der Waals surface area contributed by atoms with Gasteiger partial charge in [-0.05, 0) is 75.5 Å². The molecule has 2 saturated carbocycles. The molecule has 0 aromatic heterocycles. The first-order valence-electron chi connectivity index (χ1n) is 15.8. The number of ether oxygens (including phenoxy) is 1. The summed E-state index contributed by atoms with van der Waals surface area (Å²) < 4.78 is 5.97. The highest BCUT2D eigenvalue weighted by molar-refractivity contribution is 5.99. The molecule has 0 saturated heterocycles. The number of phenolic OH excluding ortho intramolecular Hbond substituents is 1. The highest BCUT2D eigenvalue weighted by Crippen LogP contribution is 2.32. The Morgan fingerprint density at radius 3 is 2.59 bits per heavy atom. The fraction of sp³-hybridized carbons (Fsp3) is 0.656. The zero-order chi connectivity index (χ0) is 28.9. The second-order valence-corrected chi connectivity index (χ2v) is 12.0. The largest absolute Gasteiger partial charge is 0.504 e. The van der Waals surface area contributed by atoms with Crippen molar-refractivity contribution in [2.75, 3.05) is 13.2 Å². The van der Waals surface area contributed by atoms with Gasteiger partial charge in [0.2, 0.25) is 0 Å². The minimum Gasteiger partial charge on any atom is -0.504 e. The van der Waals surface area contributed by atoms with Gasteiger partial charge in [0, 0.05) is 25.3 Å². The van der Waals surface area contributed by atoms with Gasteiger partial charge in [-0.25, -0.2) is 0 Å². The van der Waals surface area contributed by atoms with Crippen molar-refractivity contribution in [3.63, 3.8) is 0 Å². The van der Waals surface area contributed by atoms with Crippen molar-refractivity contribution < 1.29 is 24.3 Å². The Bertz CT molecular complexity index is 1050. The molecule has 6 N–H and O–H groups in total. The summed E-state index contributed by atoms with van der Waals surface area (Å²) in [5.74, 6) is 1.08. The van der Waals surface area contributed by atoms with Crippen LogP contribution in [0.15, 0.2) is 35.6 Å². The van der Waals surface area contributed by atoms with Crippen molar-refractivity contribution in [2.24, 2.45) is 10.7 Å². The normalized spacial score (nSPS) is 20.6. The Hall–Kier alpha value is -3.07. The van der Waals surface area contributed by atoms with E-state index in [2.05, 4.69) is 16.8 Å². The van der Waals surface area contributed by atoms with E-state index in [0.29, 0.717) is 43.4 Å². The molecule has 0 spiro atoms. The van der Waals surface area contributed by atoms with Crippen LogP contribution in [0.4, 0.5) is 0 Å². The first-order valence-corrected chi connectivity index (χ1v) is 15.8. The Kier molecular flexibility index (Phi) is 12.3. The molecule has 2 atom stereocenters. The molecule has 2 fully saturated rings. The number of nitrogens with two attached hydrogens (primary N) is 1. The first kappa shape index (κ1) is 30.9. The van der Waals surface area contributed by atoms with Crippen LogP contribution < -0.4 is 26.0 Å². The van der Waals surface area contributed by atoms with Crippen LogP contribution in [-0.2, 0) is 16.0 Å². The van der Waals surface area contributed by atoms with Gasteiger partial charge in [-0.3, -0.25) is 19.5 Å². The van der Waals surface area contributed by atoms with Crippen LogP contribution in [0.1, 0.15) is 102 Å². The number of hydrogen-bond donors (Lipinski definition) is 5. The lowest BCUT2D eigenvalue weighted by Gasteiger charge is -2.23. The molecular weight excluding hydrogens is 518 g/mol. The summed E-state index contributed by atoms with van der Waals surface area (Å²) in [6.45, 7) is 1.85. The van der Waals surface area contributed by atoms with E-state index in [1.54, 1.807) is 6.07 Å². The van der Waals surface area contributed by atoms with Gasteiger partial charge >= 0.3 is 0 Å². The van der Waals surface area contributed by atoms with Crippen LogP contribution >= 0.6 is 0 Å². The molecule has 9 nitrogen and oxygen atoms in total. The van der Waals surface area contributed by atoms with Gasteiger partial charge in [0.05, 0.1) is 31.3 Å². The van der Waals surface area contributed by atoms with Crippen molar-refractivity contribution in [3.8, 4) is 11.5 Å². The molecule has 3 aliphatic rings. The summed E-state index contributed by atoms with van der Waals surface area (Å²) in [6, 6.07) is 5.73. The molecule has 1 heterocycles. The standard InChI is InChI=1S/C32H49N5O4/c33-32(35-25-7-2-1-3-8-25)36-26(17-19-37-20-18-34-23-37)9-6-10-27(38)22-28(39)15-13-24-14-16-30(40)31(21-24)41-29-11-4-5-12-29/h14,16,18,20-21,25-26,29,34,40H,1-13,15,17,19,22-23H2,(H3,33,35,36)/p+1/t26-/m1/s1. The number of guanidine groups is 1. The fourth-order valence-corrected chi connectivity index (χ4v) is 6.12. The van der Waals surface area contributed by atoms with Crippen LogP contribution in [0.25, 0.3) is 0 Å². The summed E-state index contributed by atoms with van der Waals surface area (Å²) in [5.41, 5.74) is 7.23. The summed E-state index contributed by atoms with van der Waals surface area (Å²) >= 11 is 0. The molecule has 0 amide bonds. The molecule has 9 heteroatoms. The monoisotopic (exact) mass is 568 g/mol. The van der Waals surface area contributed by atoms with Crippen LogP contribution in [0.3, 0.4) is 0 Å². The number of hydrogen-bond acceptors (Lipinski definition) is 6. The number of aliphatic imine (C=N–C) groups is 1. The molecule has 1 aliphatic heterocycles. The molecule has 0 radical (unpaired) electrons. The quantitative estimate of drug-likeness (QED) is 0.118. The minimum absolute atomic E-state index is 0.00847. The second-order valence-electron chi connectivity index (χ2n) is 12.0. The van der Waals surface area contributed by atoms with E-state index in [9.17, 15) is 14.7 Å². The number of nitrogens with one attached hydrogen (secondary N) is 3. The fourth-order valence-electron chi connectivity index (χ4n) is 6.12. The van der Waals surface area contributed by atoms with Gasteiger partial charge in [0.25, 0.3) is 0 Å². The number of Topliss-reactive ketones (excluding diaryl/α,β-unsaturated/α-hetero) is 2. The van der Waals surface area contributed by atoms with Crippen molar-refractivity contribution >= 4 is 17.5 Å². The van der Waals surface area contributed by atoms with Gasteiger partial charge in [-0.15, -0.1) is 0 Å². The molecule has 1 aromatic rings. The summed E-state index contributed by atoms with van der Waals surface area (Å²) in [7, 11) is 0. The Balaban J connectivity index is 1.18. The predicted molar refractivity (Wildman–Crippen MR) is 161 cm³/mol. The third-order valence-electron chi connectivity index (χ3n) is 8.54. The Morgan fingerprint density at radius 2 is 1.83 bits per heavy atom. The van der Waals surface area contributed by atoms with E-state index in [1.807, 2.05) is 18.3 Å². The third-order valence-corrected chi connectivity index (χ3v) is 8.54. The number of quaternary nitrogens is 1. The number of carbonyl (C=O) groups is 2. The van der Waals surface area contributed by atoms with Crippen molar-refractivity contribution in [3.05, 3.63) is 36.2 Å². The van der Waals surface area contributed by atoms with E-state index in [0.717, 1.165) is 70.1 Å². The maximum absolute atomic E-state index is 12.6. The molecular formula is C32H50N5O4+. The number of aromatic hydroxyl groups is 1. The zero-order valence-corrected chi connectivity index (χ0v) is 24.5. The zero-order valence-electron chi connectivity index (χ0n) is 24.5. The average Bonchev–Trinajstić information content (AvgIpc) is 3.67. The lowest BCUT2D eigenvalue weighted by molar-refractivity contribution is -0.843. The van der Waals surface area contributed by atoms with E-state index in [4.69, 9.17) is 15.5 Å². The van der Waals surface area contributed by atoms with Crippen LogP contribution in [0, 0.1) is 0 Å². The number of nitrogens with zero attached hydrogens (tertiary/aromatic N) is 1. The Labute approximate surface area is 245 Å². The lowest BCUT2D eigenvalue weighted by Crippen LogP contribution is -3.07. The smallest absolute Gasteiger partial charge is 0.189 e. The first-order chi connectivity index (χ1) is 19.9. The Morgan fingerprint density at radius 1 is 1.07 bits per heavy atom. The number of rotatable bonds is 16. The number of aryl methyl sites for hydroxylation is 1. The van der Waals surface area contributed by atoms with Gasteiger partial charge in [0.15, 0.2) is 24.1 Å².